The minimum atomic E-state index is -0.980. The number of nitrogens with zero attached hydrogens (tertiary/aromatic N) is 2. The zero-order valence-corrected chi connectivity index (χ0v) is 22.1. The second-order valence-corrected chi connectivity index (χ2v) is 10.5. The molecule has 180 valence electrons. The van der Waals surface area contributed by atoms with Crippen LogP contribution in [0.3, 0.4) is 0 Å². The van der Waals surface area contributed by atoms with Crippen LogP contribution < -0.4 is 9.96 Å². The summed E-state index contributed by atoms with van der Waals surface area (Å²) in [5, 5.41) is 2.56. The van der Waals surface area contributed by atoms with Gasteiger partial charge in [0.25, 0.3) is 5.91 Å². The van der Waals surface area contributed by atoms with Gasteiger partial charge in [0.2, 0.25) is 5.91 Å². The first kappa shape index (κ1) is 23.5. The highest BCUT2D eigenvalue weighted by atomic mass is 127. The summed E-state index contributed by atoms with van der Waals surface area (Å²) in [6, 6.07) is 24.7. The fraction of sp³-hybridized carbons (Fsp3) is 0.111. The highest BCUT2D eigenvalue weighted by molar-refractivity contribution is 14.1. The fourth-order valence-electron chi connectivity index (χ4n) is 4.72. The Labute approximate surface area is 230 Å². The van der Waals surface area contributed by atoms with E-state index in [-0.39, 0.29) is 5.91 Å². The zero-order chi connectivity index (χ0) is 25.0. The van der Waals surface area contributed by atoms with Gasteiger partial charge in [-0.3, -0.25) is 14.4 Å². The molecule has 2 amide bonds. The molecule has 6 nitrogen and oxygen atoms in total. The number of fused-ring (bicyclic) bond motifs is 1. The molecule has 0 aliphatic carbocycles. The Balaban J connectivity index is 1.44. The molecule has 2 aliphatic heterocycles. The Hall–Kier alpha value is -2.85. The summed E-state index contributed by atoms with van der Waals surface area (Å²) in [5.74, 6) is -0.522. The van der Waals surface area contributed by atoms with Gasteiger partial charge in [-0.2, -0.15) is 0 Å². The number of furan rings is 1. The molecular weight excluding hydrogens is 614 g/mol. The van der Waals surface area contributed by atoms with E-state index in [1.807, 2.05) is 42.5 Å². The quantitative estimate of drug-likeness (QED) is 0.181. The summed E-state index contributed by atoms with van der Waals surface area (Å²) in [4.78, 5) is 34.7. The molecular formula is C27H17Cl2IN2O4. The van der Waals surface area contributed by atoms with Gasteiger partial charge >= 0.3 is 0 Å². The molecule has 1 aromatic heterocycles. The smallest absolute Gasteiger partial charge is 0.266 e. The van der Waals surface area contributed by atoms with Gasteiger partial charge in [-0.05, 0) is 77.2 Å². The molecule has 3 aromatic carbocycles. The average Bonchev–Trinajstić information content (AvgIpc) is 3.56. The molecule has 9 heteroatoms. The topological polar surface area (TPSA) is 63.0 Å². The van der Waals surface area contributed by atoms with Crippen LogP contribution in [0.1, 0.15) is 11.8 Å². The lowest BCUT2D eigenvalue weighted by molar-refractivity contribution is -0.126. The van der Waals surface area contributed by atoms with Crippen LogP contribution in [0.4, 0.5) is 11.4 Å². The minimum absolute atomic E-state index is 0.333. The first-order valence-electron chi connectivity index (χ1n) is 11.1. The monoisotopic (exact) mass is 630 g/mol. The van der Waals surface area contributed by atoms with Crippen LogP contribution >= 0.6 is 45.8 Å². The third kappa shape index (κ3) is 3.82. The number of rotatable bonds is 4. The van der Waals surface area contributed by atoms with Gasteiger partial charge in [-0.1, -0.05) is 53.5 Å². The molecule has 0 saturated carbocycles. The maximum Gasteiger partial charge on any atom is 0.266 e. The molecule has 0 unspecified atom stereocenters. The fourth-order valence-corrected chi connectivity index (χ4v) is 5.85. The minimum Gasteiger partial charge on any atom is -0.459 e. The first-order valence-corrected chi connectivity index (χ1v) is 13.0. The molecule has 3 heterocycles. The van der Waals surface area contributed by atoms with Crippen LogP contribution in [0.2, 0.25) is 10.0 Å². The van der Waals surface area contributed by atoms with Crippen molar-refractivity contribution in [2.24, 2.45) is 5.92 Å². The van der Waals surface area contributed by atoms with E-state index in [1.54, 1.807) is 47.5 Å². The van der Waals surface area contributed by atoms with Crippen LogP contribution in [0.25, 0.3) is 11.3 Å². The van der Waals surface area contributed by atoms with Crippen molar-refractivity contribution in [3.8, 4) is 11.3 Å². The number of hydrogen-bond donors (Lipinski definition) is 0. The third-order valence-corrected chi connectivity index (χ3v) is 7.79. The molecule has 6 rings (SSSR count). The molecule has 0 bridgehead atoms. The van der Waals surface area contributed by atoms with Crippen molar-refractivity contribution in [1.29, 1.82) is 0 Å². The van der Waals surface area contributed by atoms with Crippen molar-refractivity contribution < 1.29 is 18.8 Å². The van der Waals surface area contributed by atoms with Crippen molar-refractivity contribution in [1.82, 2.24) is 0 Å². The van der Waals surface area contributed by atoms with Gasteiger partial charge in [0, 0.05) is 14.2 Å². The number of amides is 2. The lowest BCUT2D eigenvalue weighted by Crippen LogP contribution is -2.37. The number of para-hydroxylation sites is 2. The molecule has 3 atom stereocenters. The second kappa shape index (κ2) is 9.23. The SMILES string of the molecule is O=C1[C@@H]2[C@@H](c3ccc(-c4ccc(Cl)cc4Cl)o3)N(c3ccccc3)O[C@H]2C(=O)N1c1ccccc1I. The van der Waals surface area contributed by atoms with Gasteiger partial charge in [-0.25, -0.2) is 9.96 Å². The standard InChI is InChI=1S/C27H17Cl2IN2O4/c28-15-10-11-17(18(29)14-15)21-12-13-22(35-21)24-23-25(36-32(24)16-6-2-1-3-7-16)27(34)31(26(23)33)20-9-5-4-8-19(20)30/h1-14,23-25H/t23-,24-,25-/m1/s1. The van der Waals surface area contributed by atoms with Crippen LogP contribution in [0, 0.1) is 9.49 Å². The van der Waals surface area contributed by atoms with Crippen molar-refractivity contribution in [2.45, 2.75) is 12.1 Å². The molecule has 2 saturated heterocycles. The van der Waals surface area contributed by atoms with Gasteiger partial charge in [0.1, 0.15) is 23.5 Å². The lowest BCUT2D eigenvalue weighted by Gasteiger charge is -2.27. The summed E-state index contributed by atoms with van der Waals surface area (Å²) >= 11 is 14.6. The normalized spacial score (nSPS) is 21.4. The predicted octanol–water partition coefficient (Wildman–Crippen LogP) is 6.91. The molecule has 2 aliphatic rings. The number of hydrogen-bond acceptors (Lipinski definition) is 5. The van der Waals surface area contributed by atoms with E-state index in [4.69, 9.17) is 32.5 Å². The Bertz CT molecular complexity index is 1490. The number of benzene rings is 3. The molecule has 4 aromatic rings. The number of carbonyl (C=O) groups excluding carboxylic acids is 2. The van der Waals surface area contributed by atoms with E-state index in [9.17, 15) is 9.59 Å². The molecule has 0 N–H and O–H groups in total. The average molecular weight is 631 g/mol. The number of carbonyl (C=O) groups is 2. The summed E-state index contributed by atoms with van der Waals surface area (Å²) in [6.07, 6.45) is -0.980. The van der Waals surface area contributed by atoms with Gasteiger partial charge in [0.05, 0.1) is 16.4 Å². The van der Waals surface area contributed by atoms with Crippen LogP contribution in [-0.2, 0) is 14.4 Å². The van der Waals surface area contributed by atoms with Gasteiger partial charge < -0.3 is 4.42 Å². The lowest BCUT2D eigenvalue weighted by atomic mass is 9.94. The molecule has 0 radical (unpaired) electrons. The van der Waals surface area contributed by atoms with Crippen LogP contribution in [0.5, 0.6) is 0 Å². The largest absolute Gasteiger partial charge is 0.459 e. The van der Waals surface area contributed by atoms with E-state index in [0.717, 1.165) is 3.57 Å². The summed E-state index contributed by atoms with van der Waals surface area (Å²) in [5.41, 5.74) is 1.92. The molecule has 36 heavy (non-hydrogen) atoms. The van der Waals surface area contributed by atoms with Crippen molar-refractivity contribution in [3.63, 3.8) is 0 Å². The van der Waals surface area contributed by atoms with Crippen molar-refractivity contribution in [3.05, 3.63) is 104 Å². The van der Waals surface area contributed by atoms with Gasteiger partial charge in [-0.15, -0.1) is 0 Å². The number of imide groups is 1. The van der Waals surface area contributed by atoms with E-state index < -0.39 is 24.0 Å². The van der Waals surface area contributed by atoms with E-state index in [0.29, 0.717) is 38.5 Å². The maximum absolute atomic E-state index is 13.8. The van der Waals surface area contributed by atoms with E-state index in [2.05, 4.69) is 22.6 Å². The van der Waals surface area contributed by atoms with E-state index >= 15 is 0 Å². The van der Waals surface area contributed by atoms with Crippen LogP contribution in [-0.4, -0.2) is 17.9 Å². The summed E-state index contributed by atoms with van der Waals surface area (Å²) < 4.78 is 7.05. The molecule has 2 fully saturated rings. The molecule has 0 spiro atoms. The Kier molecular flexibility index (Phi) is 6.03. The Morgan fingerprint density at radius 2 is 1.58 bits per heavy atom. The predicted molar refractivity (Wildman–Crippen MR) is 146 cm³/mol. The highest BCUT2D eigenvalue weighted by Crippen LogP contribution is 2.49. The van der Waals surface area contributed by atoms with E-state index in [1.165, 1.54) is 4.90 Å². The number of halogens is 3. The highest BCUT2D eigenvalue weighted by Gasteiger charge is 2.61. The number of anilines is 2. The summed E-state index contributed by atoms with van der Waals surface area (Å²) in [7, 11) is 0. The van der Waals surface area contributed by atoms with Crippen molar-refractivity contribution >= 4 is 69.0 Å². The third-order valence-electron chi connectivity index (χ3n) is 6.33. The van der Waals surface area contributed by atoms with Crippen LogP contribution in [0.15, 0.2) is 89.3 Å². The van der Waals surface area contributed by atoms with Gasteiger partial charge in [0.15, 0.2) is 6.10 Å². The summed E-state index contributed by atoms with van der Waals surface area (Å²) in [6.45, 7) is 0. The first-order chi connectivity index (χ1) is 17.4. The Morgan fingerprint density at radius 3 is 2.33 bits per heavy atom. The van der Waals surface area contributed by atoms with Crippen molar-refractivity contribution in [2.75, 3.05) is 9.96 Å². The Morgan fingerprint density at radius 1 is 0.833 bits per heavy atom. The maximum atomic E-state index is 13.8. The second-order valence-electron chi connectivity index (χ2n) is 8.45. The number of hydroxylamine groups is 1. The zero-order valence-electron chi connectivity index (χ0n) is 18.5.